The Bertz CT molecular complexity index is 991. The van der Waals surface area contributed by atoms with Crippen molar-refractivity contribution in [1.82, 2.24) is 10.6 Å². The van der Waals surface area contributed by atoms with Crippen LogP contribution in [0.3, 0.4) is 0 Å². The zero-order chi connectivity index (χ0) is 18.6. The molecule has 0 radical (unpaired) electrons. The van der Waals surface area contributed by atoms with Crippen LogP contribution >= 0.6 is 31.9 Å². The van der Waals surface area contributed by atoms with Crippen molar-refractivity contribution in [2.24, 2.45) is 0 Å². The summed E-state index contributed by atoms with van der Waals surface area (Å²) in [6.07, 6.45) is 0. The molecule has 0 aliphatic carbocycles. The number of amides is 2. The van der Waals surface area contributed by atoms with Gasteiger partial charge in [-0.15, -0.1) is 0 Å². The normalized spacial score (nSPS) is 16.2. The Morgan fingerprint density at radius 3 is 1.46 bits per heavy atom. The summed E-state index contributed by atoms with van der Waals surface area (Å²) in [6.45, 7) is 0. The van der Waals surface area contributed by atoms with Crippen LogP contribution in [0.5, 0.6) is 0 Å². The summed E-state index contributed by atoms with van der Waals surface area (Å²) in [5.74, 6) is -2.05. The van der Waals surface area contributed by atoms with Crippen LogP contribution in [0.15, 0.2) is 56.5 Å². The number of halogens is 4. The Labute approximate surface area is 163 Å². The second-order valence-corrected chi connectivity index (χ2v) is 7.37. The third-order valence-corrected chi connectivity index (χ3v) is 5.46. The number of carbonyl (C=O) groups is 2. The summed E-state index contributed by atoms with van der Waals surface area (Å²) in [5.41, 5.74) is 1.31. The first-order valence-electron chi connectivity index (χ1n) is 7.39. The maximum absolute atomic E-state index is 13.7. The molecule has 130 valence electrons. The van der Waals surface area contributed by atoms with Crippen LogP contribution in [-0.2, 0) is 9.59 Å². The van der Waals surface area contributed by atoms with Gasteiger partial charge in [-0.3, -0.25) is 9.59 Å². The first kappa shape index (κ1) is 17.1. The predicted octanol–water partition coefficient (Wildman–Crippen LogP) is 3.87. The van der Waals surface area contributed by atoms with Crippen molar-refractivity contribution in [3.8, 4) is 0 Å². The van der Waals surface area contributed by atoms with Gasteiger partial charge in [-0.2, -0.15) is 0 Å². The van der Waals surface area contributed by atoms with E-state index in [-0.39, 0.29) is 22.5 Å². The fourth-order valence-corrected chi connectivity index (χ4v) is 3.85. The van der Waals surface area contributed by atoms with Gasteiger partial charge >= 0.3 is 0 Å². The van der Waals surface area contributed by atoms with Crippen LogP contribution in [0.25, 0.3) is 11.4 Å². The smallest absolute Gasteiger partial charge is 0.258 e. The molecule has 2 aliphatic rings. The van der Waals surface area contributed by atoms with E-state index >= 15 is 0 Å². The first-order valence-corrected chi connectivity index (χ1v) is 8.98. The number of hydrogen-bond donors (Lipinski definition) is 2. The van der Waals surface area contributed by atoms with Crippen molar-refractivity contribution in [2.75, 3.05) is 0 Å². The van der Waals surface area contributed by atoms with Crippen molar-refractivity contribution >= 4 is 55.1 Å². The van der Waals surface area contributed by atoms with E-state index in [1.54, 1.807) is 0 Å². The highest BCUT2D eigenvalue weighted by atomic mass is 79.9. The Morgan fingerprint density at radius 2 is 1.08 bits per heavy atom. The lowest BCUT2D eigenvalue weighted by molar-refractivity contribution is -0.117. The van der Waals surface area contributed by atoms with Gasteiger partial charge in [-0.25, -0.2) is 8.78 Å². The molecule has 2 heterocycles. The van der Waals surface area contributed by atoms with Crippen molar-refractivity contribution in [1.29, 1.82) is 0 Å². The van der Waals surface area contributed by atoms with E-state index in [4.69, 9.17) is 0 Å². The van der Waals surface area contributed by atoms with Crippen LogP contribution in [0, 0.1) is 11.6 Å². The summed E-state index contributed by atoms with van der Waals surface area (Å²) < 4.78 is 28.4. The first-order chi connectivity index (χ1) is 12.4. The second-order valence-electron chi connectivity index (χ2n) is 5.66. The molecule has 0 saturated carbocycles. The fourth-order valence-electron chi connectivity index (χ4n) is 2.96. The summed E-state index contributed by atoms with van der Waals surface area (Å²) in [5, 5.41) is 5.24. The molecule has 0 atom stereocenters. The highest BCUT2D eigenvalue weighted by molar-refractivity contribution is 9.10. The number of benzene rings is 2. The number of hydrogen-bond acceptors (Lipinski definition) is 2. The minimum absolute atomic E-state index is 0.104. The molecule has 0 unspecified atom stereocenters. The van der Waals surface area contributed by atoms with Crippen LogP contribution in [0.4, 0.5) is 8.78 Å². The van der Waals surface area contributed by atoms with Gasteiger partial charge in [0.05, 0.1) is 22.5 Å². The number of fused-ring (bicyclic) bond motifs is 1. The minimum atomic E-state index is -0.518. The maximum atomic E-state index is 13.7. The molecule has 0 spiro atoms. The quantitative estimate of drug-likeness (QED) is 0.684. The molecular formula is C18H8Br2F2N2O2. The molecule has 2 amide bonds. The lowest BCUT2D eigenvalue weighted by Gasteiger charge is -2.10. The van der Waals surface area contributed by atoms with Crippen LogP contribution in [0.2, 0.25) is 0 Å². The molecule has 0 saturated heterocycles. The minimum Gasteiger partial charge on any atom is -0.321 e. The molecule has 2 N–H and O–H groups in total. The van der Waals surface area contributed by atoms with E-state index in [9.17, 15) is 18.4 Å². The molecule has 2 aliphatic heterocycles. The fraction of sp³-hybridized carbons (Fsp3) is 0. The summed E-state index contributed by atoms with van der Waals surface area (Å²) in [6, 6.07) is 7.94. The van der Waals surface area contributed by atoms with Crippen LogP contribution in [-0.4, -0.2) is 11.8 Å². The molecular weight excluding hydrogens is 474 g/mol. The lowest BCUT2D eigenvalue weighted by atomic mass is 10.0. The molecule has 4 nitrogen and oxygen atoms in total. The second kappa shape index (κ2) is 6.14. The standard InChI is InChI=1S/C18H8Br2F2N2O2/c19-11-3-1-7(21)5-9(11)15-13-14(18(26)23-15)16(24-17(13)25)10-6-8(22)2-4-12(10)20/h1-6H,(H,23,26)(H,24,25). The van der Waals surface area contributed by atoms with E-state index in [2.05, 4.69) is 42.5 Å². The van der Waals surface area contributed by atoms with Gasteiger partial charge in [0.25, 0.3) is 11.8 Å². The average Bonchev–Trinajstić information content (AvgIpc) is 3.11. The van der Waals surface area contributed by atoms with Crippen LogP contribution in [0.1, 0.15) is 11.1 Å². The molecule has 0 bridgehead atoms. The van der Waals surface area contributed by atoms with Gasteiger partial charge in [0.15, 0.2) is 0 Å². The molecule has 0 fully saturated rings. The Balaban J connectivity index is 1.97. The van der Waals surface area contributed by atoms with Gasteiger partial charge in [-0.1, -0.05) is 31.9 Å². The van der Waals surface area contributed by atoms with Crippen LogP contribution < -0.4 is 10.6 Å². The Morgan fingerprint density at radius 1 is 0.692 bits per heavy atom. The van der Waals surface area contributed by atoms with Gasteiger partial charge in [0.2, 0.25) is 0 Å². The highest BCUT2D eigenvalue weighted by Gasteiger charge is 2.41. The zero-order valence-electron chi connectivity index (χ0n) is 12.8. The lowest BCUT2D eigenvalue weighted by Crippen LogP contribution is -2.21. The molecule has 0 aromatic heterocycles. The Hall–Kier alpha value is -2.32. The van der Waals surface area contributed by atoms with Crippen molar-refractivity contribution in [3.63, 3.8) is 0 Å². The monoisotopic (exact) mass is 480 g/mol. The average molecular weight is 482 g/mol. The molecule has 8 heteroatoms. The van der Waals surface area contributed by atoms with Gasteiger partial charge < -0.3 is 10.6 Å². The molecule has 4 rings (SSSR count). The zero-order valence-corrected chi connectivity index (χ0v) is 16.0. The third kappa shape index (κ3) is 2.60. The largest absolute Gasteiger partial charge is 0.321 e. The molecule has 26 heavy (non-hydrogen) atoms. The Kier molecular flexibility index (Phi) is 4.04. The van der Waals surface area contributed by atoms with Gasteiger partial charge in [-0.05, 0) is 36.4 Å². The van der Waals surface area contributed by atoms with Gasteiger partial charge in [0.1, 0.15) is 11.6 Å². The van der Waals surface area contributed by atoms with E-state index < -0.39 is 23.4 Å². The third-order valence-electron chi connectivity index (χ3n) is 4.08. The number of nitrogens with one attached hydrogen (secondary N) is 2. The van der Waals surface area contributed by atoms with Crippen molar-refractivity contribution < 1.29 is 18.4 Å². The summed E-state index contributed by atoms with van der Waals surface area (Å²) in [4.78, 5) is 25.1. The van der Waals surface area contributed by atoms with E-state index in [1.165, 1.54) is 36.4 Å². The van der Waals surface area contributed by atoms with E-state index in [1.807, 2.05) is 0 Å². The van der Waals surface area contributed by atoms with E-state index in [0.717, 1.165) is 0 Å². The number of carbonyl (C=O) groups excluding carboxylic acids is 2. The van der Waals surface area contributed by atoms with Crippen molar-refractivity contribution in [3.05, 3.63) is 79.3 Å². The summed E-state index contributed by atoms with van der Waals surface area (Å²) >= 11 is 6.60. The molecule has 2 aromatic rings. The maximum Gasteiger partial charge on any atom is 0.258 e. The van der Waals surface area contributed by atoms with Crippen molar-refractivity contribution in [2.45, 2.75) is 0 Å². The highest BCUT2D eigenvalue weighted by Crippen LogP contribution is 2.40. The predicted molar refractivity (Wildman–Crippen MR) is 98.3 cm³/mol. The van der Waals surface area contributed by atoms with Gasteiger partial charge in [0, 0.05) is 20.1 Å². The topological polar surface area (TPSA) is 58.2 Å². The summed E-state index contributed by atoms with van der Waals surface area (Å²) in [7, 11) is 0. The van der Waals surface area contributed by atoms with E-state index in [0.29, 0.717) is 20.1 Å². The SMILES string of the molecule is O=C1NC(c2cc(F)ccc2Br)=C2C(=O)NC(c3cc(F)ccc3Br)=C12. The molecule has 2 aromatic carbocycles. The number of rotatable bonds is 2.